The Morgan fingerprint density at radius 1 is 0.974 bits per heavy atom. The molecule has 8 heteroatoms. The number of aromatic hydroxyl groups is 1. The van der Waals surface area contributed by atoms with Crippen molar-refractivity contribution in [2.75, 3.05) is 0 Å². The number of nitrogens with one attached hydrogen (secondary N) is 1. The largest absolute Gasteiger partial charge is 0.508 e. The van der Waals surface area contributed by atoms with Crippen molar-refractivity contribution in [2.24, 2.45) is 5.73 Å². The molecule has 39 heavy (non-hydrogen) atoms. The fraction of sp³-hybridized carbons (Fsp3) is 0.290. The number of unbranched alkanes of at least 4 members (excludes halogenated alkanes) is 1. The molecule has 0 radical (unpaired) electrons. The predicted octanol–water partition coefficient (Wildman–Crippen LogP) is 4.69. The number of nitrogens with zero attached hydrogens (tertiary/aromatic N) is 3. The lowest BCUT2D eigenvalue weighted by Crippen LogP contribution is -2.45. The van der Waals surface area contributed by atoms with Crippen molar-refractivity contribution < 1.29 is 14.7 Å². The van der Waals surface area contributed by atoms with Gasteiger partial charge in [-0.25, -0.2) is 4.68 Å². The molecule has 1 unspecified atom stereocenters. The molecule has 0 aliphatic heterocycles. The number of amides is 2. The topological polar surface area (TPSA) is 123 Å². The summed E-state index contributed by atoms with van der Waals surface area (Å²) in [6.07, 6.45) is 4.45. The second-order valence-corrected chi connectivity index (χ2v) is 9.99. The van der Waals surface area contributed by atoms with Gasteiger partial charge in [-0.3, -0.25) is 14.6 Å². The predicted molar refractivity (Wildman–Crippen MR) is 151 cm³/mol. The number of carbonyl (C=O) groups excluding carboxylic acids is 2. The number of aryl methyl sites for hydroxylation is 1. The lowest BCUT2D eigenvalue weighted by atomic mass is 10.0. The fourth-order valence-electron chi connectivity index (χ4n) is 4.41. The van der Waals surface area contributed by atoms with E-state index in [0.717, 1.165) is 41.2 Å². The van der Waals surface area contributed by atoms with E-state index in [1.54, 1.807) is 18.3 Å². The summed E-state index contributed by atoms with van der Waals surface area (Å²) in [7, 11) is 0. The van der Waals surface area contributed by atoms with Gasteiger partial charge in [-0.2, -0.15) is 5.10 Å². The molecule has 0 spiro atoms. The minimum Gasteiger partial charge on any atom is -0.508 e. The summed E-state index contributed by atoms with van der Waals surface area (Å²) in [6.45, 7) is 4.34. The second-order valence-electron chi connectivity index (χ2n) is 9.99. The molecule has 1 atom stereocenters. The molecule has 2 heterocycles. The summed E-state index contributed by atoms with van der Waals surface area (Å²) in [5.74, 6) is -0.225. The molecule has 2 amide bonds. The molecule has 0 aliphatic carbocycles. The maximum absolute atomic E-state index is 12.6. The zero-order valence-corrected chi connectivity index (χ0v) is 22.4. The minimum atomic E-state index is -0.807. The van der Waals surface area contributed by atoms with Gasteiger partial charge in [0, 0.05) is 24.7 Å². The first kappa shape index (κ1) is 27.6. The van der Waals surface area contributed by atoms with E-state index in [0.29, 0.717) is 12.3 Å². The monoisotopic (exact) mass is 525 g/mol. The van der Waals surface area contributed by atoms with Crippen LogP contribution in [0.2, 0.25) is 0 Å². The van der Waals surface area contributed by atoms with Crippen molar-refractivity contribution in [3.8, 4) is 22.8 Å². The van der Waals surface area contributed by atoms with Crippen LogP contribution in [0.4, 0.5) is 0 Å². The Kier molecular flexibility index (Phi) is 9.10. The molecular formula is C31H35N5O3. The molecule has 0 saturated carbocycles. The van der Waals surface area contributed by atoms with Crippen LogP contribution in [0.1, 0.15) is 55.8 Å². The van der Waals surface area contributed by atoms with Crippen LogP contribution in [-0.4, -0.2) is 37.7 Å². The average Bonchev–Trinajstić information content (AvgIpc) is 3.36. The normalized spacial score (nSPS) is 11.9. The number of primary amides is 1. The van der Waals surface area contributed by atoms with E-state index >= 15 is 0 Å². The van der Waals surface area contributed by atoms with Gasteiger partial charge in [0.25, 0.3) is 0 Å². The first-order valence-electron chi connectivity index (χ1n) is 13.3. The summed E-state index contributed by atoms with van der Waals surface area (Å²) in [5.41, 5.74) is 11.2. The summed E-state index contributed by atoms with van der Waals surface area (Å²) in [5, 5.41) is 17.1. The Hall–Kier alpha value is -4.46. The number of hydrogen-bond acceptors (Lipinski definition) is 5. The van der Waals surface area contributed by atoms with Gasteiger partial charge in [-0.15, -0.1) is 0 Å². The van der Waals surface area contributed by atoms with Crippen LogP contribution in [0.15, 0.2) is 79.0 Å². The standard InChI is InChI=1S/C31H35N5O3/c1-21(2)23-12-14-24(15-13-23)36-25(20-28(35-36)27-8-5-6-18-33-27)7-3-4-9-30(38)34-29(31(32)39)19-22-10-16-26(37)17-11-22/h5-6,8,10-18,20-21,29,37H,3-4,7,9,19H2,1-2H3,(H2,32,39)(H,34,38). The van der Waals surface area contributed by atoms with Crippen molar-refractivity contribution in [1.29, 1.82) is 0 Å². The van der Waals surface area contributed by atoms with Gasteiger partial charge in [-0.05, 0) is 78.8 Å². The Labute approximate surface area is 228 Å². The van der Waals surface area contributed by atoms with E-state index < -0.39 is 11.9 Å². The van der Waals surface area contributed by atoms with Crippen molar-refractivity contribution in [2.45, 2.75) is 57.9 Å². The average molecular weight is 526 g/mol. The maximum atomic E-state index is 12.6. The van der Waals surface area contributed by atoms with Gasteiger partial charge >= 0.3 is 0 Å². The third-order valence-corrected chi connectivity index (χ3v) is 6.66. The van der Waals surface area contributed by atoms with Crippen LogP contribution >= 0.6 is 0 Å². The van der Waals surface area contributed by atoms with Gasteiger partial charge in [0.1, 0.15) is 17.5 Å². The number of pyridine rings is 1. The number of nitrogens with two attached hydrogens (primary N) is 1. The smallest absolute Gasteiger partial charge is 0.240 e. The number of hydrogen-bond donors (Lipinski definition) is 3. The van der Waals surface area contributed by atoms with Crippen LogP contribution in [0.3, 0.4) is 0 Å². The van der Waals surface area contributed by atoms with E-state index in [9.17, 15) is 14.7 Å². The lowest BCUT2D eigenvalue weighted by molar-refractivity contribution is -0.127. The van der Waals surface area contributed by atoms with Crippen LogP contribution in [0.5, 0.6) is 5.75 Å². The van der Waals surface area contributed by atoms with Gasteiger partial charge in [0.2, 0.25) is 11.8 Å². The highest BCUT2D eigenvalue weighted by atomic mass is 16.3. The SMILES string of the molecule is CC(C)c1ccc(-n2nc(-c3ccccn3)cc2CCCCC(=O)NC(Cc2ccc(O)cc2)C(N)=O)cc1. The molecule has 202 valence electrons. The third-order valence-electron chi connectivity index (χ3n) is 6.66. The molecule has 2 aromatic heterocycles. The van der Waals surface area contributed by atoms with E-state index in [1.807, 2.05) is 22.9 Å². The van der Waals surface area contributed by atoms with Crippen LogP contribution in [-0.2, 0) is 22.4 Å². The number of phenols is 1. The summed E-state index contributed by atoms with van der Waals surface area (Å²) in [6, 6.07) is 21.9. The fourth-order valence-corrected chi connectivity index (χ4v) is 4.41. The van der Waals surface area contributed by atoms with E-state index in [2.05, 4.69) is 54.5 Å². The number of phenolic OH excluding ortho intramolecular Hbond substituents is 1. The highest BCUT2D eigenvalue weighted by Crippen LogP contribution is 2.23. The molecule has 4 aromatic rings. The molecule has 0 fully saturated rings. The Morgan fingerprint density at radius 2 is 1.72 bits per heavy atom. The van der Waals surface area contributed by atoms with E-state index in [4.69, 9.17) is 10.8 Å². The van der Waals surface area contributed by atoms with Crippen LogP contribution in [0, 0.1) is 0 Å². The zero-order chi connectivity index (χ0) is 27.8. The molecule has 8 nitrogen and oxygen atoms in total. The number of carbonyl (C=O) groups is 2. The Morgan fingerprint density at radius 3 is 2.36 bits per heavy atom. The van der Waals surface area contributed by atoms with Gasteiger partial charge in [0.15, 0.2) is 0 Å². The molecule has 4 N–H and O–H groups in total. The van der Waals surface area contributed by atoms with Crippen LogP contribution in [0.25, 0.3) is 17.1 Å². The molecule has 0 bridgehead atoms. The lowest BCUT2D eigenvalue weighted by Gasteiger charge is -2.16. The highest BCUT2D eigenvalue weighted by molar-refractivity contribution is 5.86. The number of rotatable bonds is 12. The molecular weight excluding hydrogens is 490 g/mol. The molecule has 2 aromatic carbocycles. The first-order chi connectivity index (χ1) is 18.8. The van der Waals surface area contributed by atoms with E-state index in [1.165, 1.54) is 17.7 Å². The summed E-state index contributed by atoms with van der Waals surface area (Å²) < 4.78 is 1.95. The second kappa shape index (κ2) is 12.9. The summed E-state index contributed by atoms with van der Waals surface area (Å²) in [4.78, 5) is 29.0. The molecule has 0 saturated heterocycles. The zero-order valence-electron chi connectivity index (χ0n) is 22.4. The summed E-state index contributed by atoms with van der Waals surface area (Å²) >= 11 is 0. The Bertz CT molecular complexity index is 1380. The van der Waals surface area contributed by atoms with Gasteiger partial charge in [-0.1, -0.05) is 44.2 Å². The molecule has 0 aliphatic rings. The number of benzene rings is 2. The number of aromatic nitrogens is 3. The Balaban J connectivity index is 1.39. The minimum absolute atomic E-state index is 0.138. The third kappa shape index (κ3) is 7.54. The first-order valence-corrected chi connectivity index (χ1v) is 13.3. The highest BCUT2D eigenvalue weighted by Gasteiger charge is 2.19. The van der Waals surface area contributed by atoms with Crippen molar-refractivity contribution in [3.05, 3.63) is 95.8 Å². The van der Waals surface area contributed by atoms with Gasteiger partial charge < -0.3 is 16.2 Å². The molecule has 4 rings (SSSR count). The van der Waals surface area contributed by atoms with Crippen molar-refractivity contribution in [1.82, 2.24) is 20.1 Å². The van der Waals surface area contributed by atoms with Gasteiger partial charge in [0.05, 0.1) is 11.4 Å². The maximum Gasteiger partial charge on any atom is 0.240 e. The van der Waals surface area contributed by atoms with Crippen molar-refractivity contribution in [3.63, 3.8) is 0 Å². The van der Waals surface area contributed by atoms with E-state index in [-0.39, 0.29) is 24.5 Å². The van der Waals surface area contributed by atoms with Crippen molar-refractivity contribution >= 4 is 11.8 Å². The quantitative estimate of drug-likeness (QED) is 0.232. The van der Waals surface area contributed by atoms with Crippen LogP contribution < -0.4 is 11.1 Å².